The van der Waals surface area contributed by atoms with Gasteiger partial charge in [-0.05, 0) is 51.7 Å². The Balaban J connectivity index is 1.49. The van der Waals surface area contributed by atoms with Crippen molar-refractivity contribution in [1.29, 1.82) is 0 Å². The lowest BCUT2D eigenvalue weighted by Gasteiger charge is -2.25. The number of hydrogen-bond acceptors (Lipinski definition) is 6. The van der Waals surface area contributed by atoms with Crippen molar-refractivity contribution in [3.05, 3.63) is 30.5 Å². The summed E-state index contributed by atoms with van der Waals surface area (Å²) in [5.74, 6) is 0.537. The highest BCUT2D eigenvalue weighted by Crippen LogP contribution is 2.28. The zero-order chi connectivity index (χ0) is 22.4. The van der Waals surface area contributed by atoms with Gasteiger partial charge in [0, 0.05) is 36.8 Å². The Kier molecular flexibility index (Phi) is 7.68. The van der Waals surface area contributed by atoms with Gasteiger partial charge in [-0.3, -0.25) is 14.6 Å². The van der Waals surface area contributed by atoms with Crippen LogP contribution < -0.4 is 21.1 Å². The molecular formula is C23H33N5O3. The number of anilines is 1. The second-order valence-electron chi connectivity index (χ2n) is 8.21. The van der Waals surface area contributed by atoms with Crippen LogP contribution in [0, 0.1) is 0 Å². The van der Waals surface area contributed by atoms with E-state index in [1.54, 1.807) is 25.1 Å². The maximum absolute atomic E-state index is 12.6. The van der Waals surface area contributed by atoms with Gasteiger partial charge >= 0.3 is 0 Å². The Morgan fingerprint density at radius 2 is 2.16 bits per heavy atom. The van der Waals surface area contributed by atoms with Crippen molar-refractivity contribution in [1.82, 2.24) is 15.2 Å². The van der Waals surface area contributed by atoms with Crippen LogP contribution in [0.1, 0.15) is 39.5 Å². The number of aromatic nitrogens is 1. The molecule has 0 radical (unpaired) electrons. The number of ether oxygens (including phenoxy) is 1. The first kappa shape index (κ1) is 22.8. The van der Waals surface area contributed by atoms with Gasteiger partial charge in [0.25, 0.3) is 0 Å². The van der Waals surface area contributed by atoms with Gasteiger partial charge in [-0.1, -0.05) is 6.07 Å². The summed E-state index contributed by atoms with van der Waals surface area (Å²) in [5.41, 5.74) is 7.55. The van der Waals surface area contributed by atoms with Crippen molar-refractivity contribution in [3.63, 3.8) is 0 Å². The van der Waals surface area contributed by atoms with E-state index in [1.807, 2.05) is 24.3 Å². The number of nitrogens with zero attached hydrogens (tertiary/aromatic N) is 2. The van der Waals surface area contributed by atoms with Gasteiger partial charge in [0.1, 0.15) is 11.8 Å². The number of carbonyl (C=O) groups excluding carboxylic acids is 2. The van der Waals surface area contributed by atoms with Crippen LogP contribution in [0.5, 0.6) is 5.75 Å². The standard InChI is InChI=1S/C23H33N5O3/c1-15(27-19-14-18(31-3)13-17-8-5-10-25-21(17)19)7-4-11-26-22(29)20-9-6-12-28(20)23(30)16(2)24/h5,8,10,13-16,20,27H,4,6-7,9,11-12,24H2,1-3H3,(H,26,29)/t15?,16-,20?/m1/s1. The summed E-state index contributed by atoms with van der Waals surface area (Å²) in [5, 5.41) is 7.52. The minimum Gasteiger partial charge on any atom is -0.497 e. The predicted molar refractivity (Wildman–Crippen MR) is 122 cm³/mol. The molecule has 0 spiro atoms. The van der Waals surface area contributed by atoms with E-state index in [4.69, 9.17) is 10.5 Å². The van der Waals surface area contributed by atoms with Crippen LogP contribution in [0.2, 0.25) is 0 Å². The Labute approximate surface area is 183 Å². The summed E-state index contributed by atoms with van der Waals surface area (Å²) in [6, 6.07) is 7.06. The number of carbonyl (C=O) groups is 2. The Morgan fingerprint density at radius 1 is 1.35 bits per heavy atom. The smallest absolute Gasteiger partial charge is 0.242 e. The molecule has 0 bridgehead atoms. The quantitative estimate of drug-likeness (QED) is 0.530. The minimum absolute atomic E-state index is 0.0879. The number of likely N-dealkylation sites (tertiary alicyclic amines) is 1. The second-order valence-corrected chi connectivity index (χ2v) is 8.21. The highest BCUT2D eigenvalue weighted by Gasteiger charge is 2.34. The van der Waals surface area contributed by atoms with Crippen LogP contribution in [0.25, 0.3) is 10.9 Å². The first-order chi connectivity index (χ1) is 14.9. The van der Waals surface area contributed by atoms with Crippen molar-refractivity contribution in [2.75, 3.05) is 25.5 Å². The lowest BCUT2D eigenvalue weighted by atomic mass is 10.1. The highest BCUT2D eigenvalue weighted by molar-refractivity contribution is 5.92. The number of methoxy groups -OCH3 is 1. The van der Waals surface area contributed by atoms with Gasteiger partial charge in [0.15, 0.2) is 0 Å². The number of pyridine rings is 1. The third-order valence-electron chi connectivity index (χ3n) is 5.66. The topological polar surface area (TPSA) is 110 Å². The molecule has 0 saturated carbocycles. The largest absolute Gasteiger partial charge is 0.497 e. The van der Waals surface area contributed by atoms with Crippen molar-refractivity contribution in [2.45, 2.75) is 57.7 Å². The number of nitrogens with two attached hydrogens (primary N) is 1. The molecule has 1 saturated heterocycles. The Morgan fingerprint density at radius 3 is 2.90 bits per heavy atom. The van der Waals surface area contributed by atoms with E-state index in [2.05, 4.69) is 22.5 Å². The summed E-state index contributed by atoms with van der Waals surface area (Å²) in [6.45, 7) is 4.93. The monoisotopic (exact) mass is 427 g/mol. The molecule has 2 unspecified atom stereocenters. The molecule has 8 heteroatoms. The van der Waals surface area contributed by atoms with Gasteiger partial charge in [-0.2, -0.15) is 0 Å². The SMILES string of the molecule is COc1cc(NC(C)CCCNC(=O)C2CCCN2C(=O)[C@@H](C)N)c2ncccc2c1. The molecule has 1 aromatic heterocycles. The molecule has 0 aliphatic carbocycles. The fourth-order valence-corrected chi connectivity index (χ4v) is 4.03. The summed E-state index contributed by atoms with van der Waals surface area (Å²) >= 11 is 0. The van der Waals surface area contributed by atoms with Crippen LogP contribution in [-0.2, 0) is 9.59 Å². The lowest BCUT2D eigenvalue weighted by Crippen LogP contribution is -2.50. The van der Waals surface area contributed by atoms with E-state index in [0.29, 0.717) is 19.5 Å². The lowest BCUT2D eigenvalue weighted by molar-refractivity contribution is -0.139. The maximum atomic E-state index is 12.6. The van der Waals surface area contributed by atoms with Gasteiger partial charge in [0.2, 0.25) is 11.8 Å². The molecule has 1 aliphatic heterocycles. The van der Waals surface area contributed by atoms with Crippen LogP contribution in [0.4, 0.5) is 5.69 Å². The molecule has 4 N–H and O–H groups in total. The molecule has 2 aromatic rings. The molecule has 168 valence electrons. The van der Waals surface area contributed by atoms with E-state index in [-0.39, 0.29) is 17.9 Å². The zero-order valence-corrected chi connectivity index (χ0v) is 18.6. The molecule has 8 nitrogen and oxygen atoms in total. The molecule has 2 heterocycles. The molecule has 1 aliphatic rings. The molecule has 31 heavy (non-hydrogen) atoms. The highest BCUT2D eigenvalue weighted by atomic mass is 16.5. The third-order valence-corrected chi connectivity index (χ3v) is 5.66. The van der Waals surface area contributed by atoms with Crippen LogP contribution in [0.3, 0.4) is 0 Å². The summed E-state index contributed by atoms with van der Waals surface area (Å²) < 4.78 is 5.41. The fraction of sp³-hybridized carbons (Fsp3) is 0.522. The second kappa shape index (κ2) is 10.4. The van der Waals surface area contributed by atoms with E-state index >= 15 is 0 Å². The number of amides is 2. The third kappa shape index (κ3) is 5.64. The Hall–Kier alpha value is -2.87. The average molecular weight is 428 g/mol. The molecule has 3 atom stereocenters. The van der Waals surface area contributed by atoms with Crippen molar-refractivity contribution in [3.8, 4) is 5.75 Å². The molecule has 1 fully saturated rings. The van der Waals surface area contributed by atoms with Gasteiger partial charge < -0.3 is 26.0 Å². The van der Waals surface area contributed by atoms with Crippen molar-refractivity contribution in [2.24, 2.45) is 5.73 Å². The van der Waals surface area contributed by atoms with Gasteiger partial charge in [-0.15, -0.1) is 0 Å². The first-order valence-electron chi connectivity index (χ1n) is 10.9. The maximum Gasteiger partial charge on any atom is 0.242 e. The predicted octanol–water partition coefficient (Wildman–Crippen LogP) is 2.28. The normalized spacial score (nSPS) is 17.9. The first-order valence-corrected chi connectivity index (χ1v) is 10.9. The van der Waals surface area contributed by atoms with Crippen LogP contribution in [0.15, 0.2) is 30.5 Å². The number of hydrogen-bond donors (Lipinski definition) is 3. The molecular weight excluding hydrogens is 394 g/mol. The average Bonchev–Trinajstić information content (AvgIpc) is 3.25. The summed E-state index contributed by atoms with van der Waals surface area (Å²) in [6.07, 6.45) is 5.00. The number of nitrogens with one attached hydrogen (secondary N) is 2. The number of rotatable bonds is 9. The number of fused-ring (bicyclic) bond motifs is 1. The molecule has 1 aromatic carbocycles. The molecule has 3 rings (SSSR count). The van der Waals surface area contributed by atoms with Gasteiger partial charge in [0.05, 0.1) is 24.4 Å². The molecule has 2 amide bonds. The minimum atomic E-state index is -0.581. The van der Waals surface area contributed by atoms with Crippen molar-refractivity contribution >= 4 is 28.4 Å². The fourth-order valence-electron chi connectivity index (χ4n) is 4.03. The van der Waals surface area contributed by atoms with Crippen LogP contribution in [-0.4, -0.2) is 60.0 Å². The van der Waals surface area contributed by atoms with E-state index in [9.17, 15) is 9.59 Å². The summed E-state index contributed by atoms with van der Waals surface area (Å²) in [4.78, 5) is 30.8. The van der Waals surface area contributed by atoms with E-state index in [0.717, 1.165) is 41.6 Å². The van der Waals surface area contributed by atoms with Crippen LogP contribution >= 0.6 is 0 Å². The van der Waals surface area contributed by atoms with E-state index < -0.39 is 12.1 Å². The van der Waals surface area contributed by atoms with E-state index in [1.165, 1.54) is 0 Å². The zero-order valence-electron chi connectivity index (χ0n) is 18.6. The summed E-state index contributed by atoms with van der Waals surface area (Å²) in [7, 11) is 1.65. The Bertz CT molecular complexity index is 917. The van der Waals surface area contributed by atoms with Gasteiger partial charge in [-0.25, -0.2) is 0 Å². The number of benzene rings is 1. The van der Waals surface area contributed by atoms with Crippen molar-refractivity contribution < 1.29 is 14.3 Å².